The number of benzene rings is 2. The van der Waals surface area contributed by atoms with E-state index in [2.05, 4.69) is 27.5 Å². The van der Waals surface area contributed by atoms with E-state index in [-0.39, 0.29) is 5.91 Å². The normalized spacial score (nSPS) is 10.3. The Kier molecular flexibility index (Phi) is 6.95. The van der Waals surface area contributed by atoms with Gasteiger partial charge in [0, 0.05) is 18.3 Å². The average Bonchev–Trinajstić information content (AvgIpc) is 2.74. The fraction of sp³-hybridized carbons (Fsp3) is 0.227. The van der Waals surface area contributed by atoms with E-state index in [0.717, 1.165) is 30.7 Å². The SMILES string of the molecule is CCCCNc1cc(C(=O)Nc2ccc(OCc3ccccc3)cc2)ncn1. The Labute approximate surface area is 165 Å². The van der Waals surface area contributed by atoms with Crippen molar-refractivity contribution in [3.8, 4) is 5.75 Å². The van der Waals surface area contributed by atoms with Gasteiger partial charge in [-0.15, -0.1) is 0 Å². The molecule has 2 N–H and O–H groups in total. The number of amides is 1. The molecule has 0 bridgehead atoms. The van der Waals surface area contributed by atoms with Gasteiger partial charge in [-0.3, -0.25) is 4.79 Å². The van der Waals surface area contributed by atoms with Crippen molar-refractivity contribution in [2.45, 2.75) is 26.4 Å². The summed E-state index contributed by atoms with van der Waals surface area (Å²) >= 11 is 0. The largest absolute Gasteiger partial charge is 0.489 e. The van der Waals surface area contributed by atoms with Gasteiger partial charge in [0.05, 0.1) is 0 Å². The zero-order valence-electron chi connectivity index (χ0n) is 15.9. The van der Waals surface area contributed by atoms with Gasteiger partial charge >= 0.3 is 0 Å². The van der Waals surface area contributed by atoms with Crippen LogP contribution in [0.1, 0.15) is 35.8 Å². The number of nitrogens with one attached hydrogen (secondary N) is 2. The molecule has 28 heavy (non-hydrogen) atoms. The summed E-state index contributed by atoms with van der Waals surface area (Å²) in [7, 11) is 0. The van der Waals surface area contributed by atoms with Crippen LogP contribution in [0.25, 0.3) is 0 Å². The summed E-state index contributed by atoms with van der Waals surface area (Å²) < 4.78 is 5.76. The highest BCUT2D eigenvalue weighted by Crippen LogP contribution is 2.18. The first-order chi connectivity index (χ1) is 13.7. The third kappa shape index (κ3) is 5.81. The molecule has 2 aromatic carbocycles. The van der Waals surface area contributed by atoms with E-state index >= 15 is 0 Å². The molecule has 3 aromatic rings. The molecular weight excluding hydrogens is 352 g/mol. The van der Waals surface area contributed by atoms with Crippen LogP contribution in [0, 0.1) is 0 Å². The van der Waals surface area contributed by atoms with Gasteiger partial charge in [0.2, 0.25) is 0 Å². The van der Waals surface area contributed by atoms with Crippen molar-refractivity contribution >= 4 is 17.4 Å². The Bertz CT molecular complexity index is 883. The molecule has 0 aliphatic heterocycles. The van der Waals surface area contributed by atoms with Crippen LogP contribution in [0.4, 0.5) is 11.5 Å². The third-order valence-electron chi connectivity index (χ3n) is 4.10. The highest BCUT2D eigenvalue weighted by Gasteiger charge is 2.09. The van der Waals surface area contributed by atoms with Gasteiger partial charge in [-0.1, -0.05) is 43.7 Å². The fourth-order valence-electron chi connectivity index (χ4n) is 2.54. The molecule has 0 radical (unpaired) electrons. The molecule has 1 amide bonds. The second-order valence-corrected chi connectivity index (χ2v) is 6.32. The van der Waals surface area contributed by atoms with E-state index in [0.29, 0.717) is 23.8 Å². The molecule has 0 saturated heterocycles. The Morgan fingerprint density at radius 3 is 2.57 bits per heavy atom. The van der Waals surface area contributed by atoms with E-state index < -0.39 is 0 Å². The van der Waals surface area contributed by atoms with Crippen LogP contribution in [0.15, 0.2) is 67.0 Å². The Morgan fingerprint density at radius 2 is 1.82 bits per heavy atom. The van der Waals surface area contributed by atoms with Gasteiger partial charge in [0.1, 0.15) is 30.2 Å². The molecule has 1 aromatic heterocycles. The van der Waals surface area contributed by atoms with Crippen molar-refractivity contribution < 1.29 is 9.53 Å². The molecule has 6 heteroatoms. The predicted octanol–water partition coefficient (Wildman–Crippen LogP) is 4.52. The van der Waals surface area contributed by atoms with E-state index in [1.54, 1.807) is 18.2 Å². The highest BCUT2D eigenvalue weighted by atomic mass is 16.5. The standard InChI is InChI=1S/C22H24N4O2/c1-2-3-13-23-21-14-20(24-16-25-21)22(27)26-18-9-11-19(12-10-18)28-15-17-7-5-4-6-8-17/h4-12,14,16H,2-3,13,15H2,1H3,(H,26,27)(H,23,24,25). The summed E-state index contributed by atoms with van der Waals surface area (Å²) in [5, 5.41) is 6.03. The topological polar surface area (TPSA) is 76.1 Å². The van der Waals surface area contributed by atoms with E-state index in [4.69, 9.17) is 4.74 Å². The molecule has 6 nitrogen and oxygen atoms in total. The second-order valence-electron chi connectivity index (χ2n) is 6.32. The van der Waals surface area contributed by atoms with Crippen molar-refractivity contribution in [3.05, 3.63) is 78.2 Å². The van der Waals surface area contributed by atoms with Crippen LogP contribution in [-0.4, -0.2) is 22.4 Å². The number of hydrogen-bond donors (Lipinski definition) is 2. The summed E-state index contributed by atoms with van der Waals surface area (Å²) in [6, 6.07) is 18.9. The molecular formula is C22H24N4O2. The van der Waals surface area contributed by atoms with Gasteiger partial charge in [-0.05, 0) is 36.2 Å². The first-order valence-corrected chi connectivity index (χ1v) is 9.38. The van der Waals surface area contributed by atoms with Crippen LogP contribution < -0.4 is 15.4 Å². The van der Waals surface area contributed by atoms with Crippen LogP contribution in [-0.2, 0) is 6.61 Å². The highest BCUT2D eigenvalue weighted by molar-refractivity contribution is 6.03. The molecule has 0 atom stereocenters. The average molecular weight is 376 g/mol. The molecule has 1 heterocycles. The smallest absolute Gasteiger partial charge is 0.274 e. The summed E-state index contributed by atoms with van der Waals surface area (Å²) in [5.41, 5.74) is 2.10. The summed E-state index contributed by atoms with van der Waals surface area (Å²) in [6.07, 6.45) is 3.53. The lowest BCUT2D eigenvalue weighted by Gasteiger charge is -2.09. The Balaban J connectivity index is 1.54. The van der Waals surface area contributed by atoms with Crippen molar-refractivity contribution in [3.63, 3.8) is 0 Å². The minimum absolute atomic E-state index is 0.279. The summed E-state index contributed by atoms with van der Waals surface area (Å²) in [4.78, 5) is 20.6. The molecule has 3 rings (SSSR count). The lowest BCUT2D eigenvalue weighted by molar-refractivity contribution is 0.102. The molecule has 0 fully saturated rings. The minimum Gasteiger partial charge on any atom is -0.489 e. The number of ether oxygens (including phenoxy) is 1. The van der Waals surface area contributed by atoms with Crippen molar-refractivity contribution in [2.24, 2.45) is 0 Å². The number of unbranched alkanes of at least 4 members (excludes halogenated alkanes) is 1. The zero-order valence-corrected chi connectivity index (χ0v) is 15.9. The number of rotatable bonds is 9. The van der Waals surface area contributed by atoms with Gasteiger partial charge < -0.3 is 15.4 Å². The van der Waals surface area contributed by atoms with Crippen LogP contribution >= 0.6 is 0 Å². The van der Waals surface area contributed by atoms with Gasteiger partial charge in [-0.25, -0.2) is 9.97 Å². The summed E-state index contributed by atoms with van der Waals surface area (Å²) in [6.45, 7) is 3.44. The lowest BCUT2D eigenvalue weighted by Crippen LogP contribution is -2.15. The van der Waals surface area contributed by atoms with E-state index in [1.807, 2.05) is 42.5 Å². The second kappa shape index (κ2) is 10.1. The van der Waals surface area contributed by atoms with Gasteiger partial charge in [0.25, 0.3) is 5.91 Å². The van der Waals surface area contributed by atoms with Crippen LogP contribution in [0.3, 0.4) is 0 Å². The molecule has 0 aliphatic rings. The molecule has 0 saturated carbocycles. The quantitative estimate of drug-likeness (QED) is 0.537. The maximum Gasteiger partial charge on any atom is 0.274 e. The van der Waals surface area contributed by atoms with Crippen molar-refractivity contribution in [2.75, 3.05) is 17.2 Å². The first kappa shape index (κ1) is 19.4. The number of carbonyl (C=O) groups excluding carboxylic acids is 1. The third-order valence-corrected chi connectivity index (χ3v) is 4.10. The molecule has 0 unspecified atom stereocenters. The monoisotopic (exact) mass is 376 g/mol. The number of hydrogen-bond acceptors (Lipinski definition) is 5. The van der Waals surface area contributed by atoms with Crippen LogP contribution in [0.2, 0.25) is 0 Å². The Morgan fingerprint density at radius 1 is 1.04 bits per heavy atom. The number of carbonyl (C=O) groups is 1. The zero-order chi connectivity index (χ0) is 19.6. The maximum atomic E-state index is 12.4. The lowest BCUT2D eigenvalue weighted by atomic mass is 10.2. The van der Waals surface area contributed by atoms with Gasteiger partial charge in [-0.2, -0.15) is 0 Å². The van der Waals surface area contributed by atoms with Crippen molar-refractivity contribution in [1.82, 2.24) is 9.97 Å². The number of nitrogens with zero attached hydrogens (tertiary/aromatic N) is 2. The fourth-order valence-corrected chi connectivity index (χ4v) is 2.54. The Hall–Kier alpha value is -3.41. The number of anilines is 2. The first-order valence-electron chi connectivity index (χ1n) is 9.38. The minimum atomic E-state index is -0.279. The van der Waals surface area contributed by atoms with E-state index in [1.165, 1.54) is 6.33 Å². The van der Waals surface area contributed by atoms with Crippen LogP contribution in [0.5, 0.6) is 5.75 Å². The van der Waals surface area contributed by atoms with Crippen molar-refractivity contribution in [1.29, 1.82) is 0 Å². The maximum absolute atomic E-state index is 12.4. The molecule has 144 valence electrons. The summed E-state index contributed by atoms with van der Waals surface area (Å²) in [5.74, 6) is 1.11. The predicted molar refractivity (Wildman–Crippen MR) is 111 cm³/mol. The van der Waals surface area contributed by atoms with E-state index in [9.17, 15) is 4.79 Å². The number of aromatic nitrogens is 2. The van der Waals surface area contributed by atoms with Gasteiger partial charge in [0.15, 0.2) is 0 Å². The molecule has 0 aliphatic carbocycles. The molecule has 0 spiro atoms.